The highest BCUT2D eigenvalue weighted by Crippen LogP contribution is 2.29. The zero-order valence-corrected chi connectivity index (χ0v) is 10.8. The Hall–Kier alpha value is -1.63. The van der Waals surface area contributed by atoms with Crippen LogP contribution in [0.3, 0.4) is 0 Å². The Labute approximate surface area is 114 Å². The summed E-state index contributed by atoms with van der Waals surface area (Å²) in [6.07, 6.45) is -3.94. The van der Waals surface area contributed by atoms with Crippen LogP contribution < -0.4 is 11.1 Å². The van der Waals surface area contributed by atoms with Crippen LogP contribution in [0.1, 0.15) is 17.5 Å². The lowest BCUT2D eigenvalue weighted by Crippen LogP contribution is -2.28. The SMILES string of the molecule is NC(=S)CCNC(=O)Cc1ccc(C(F)(F)F)cc1. The maximum atomic E-state index is 12.3. The molecule has 0 aliphatic rings. The molecule has 0 atom stereocenters. The van der Waals surface area contributed by atoms with E-state index in [0.29, 0.717) is 23.5 Å². The van der Waals surface area contributed by atoms with E-state index in [1.54, 1.807) is 0 Å². The summed E-state index contributed by atoms with van der Waals surface area (Å²) in [4.78, 5) is 11.8. The molecule has 104 valence electrons. The Bertz CT molecular complexity index is 457. The van der Waals surface area contributed by atoms with Crippen molar-refractivity contribution < 1.29 is 18.0 Å². The van der Waals surface area contributed by atoms with E-state index in [-0.39, 0.29) is 12.3 Å². The largest absolute Gasteiger partial charge is 0.416 e. The van der Waals surface area contributed by atoms with Crippen molar-refractivity contribution in [2.24, 2.45) is 5.73 Å². The number of nitrogens with two attached hydrogens (primary N) is 1. The molecule has 7 heteroatoms. The van der Waals surface area contributed by atoms with E-state index in [4.69, 9.17) is 5.73 Å². The van der Waals surface area contributed by atoms with E-state index in [9.17, 15) is 18.0 Å². The summed E-state index contributed by atoms with van der Waals surface area (Å²) in [7, 11) is 0. The Morgan fingerprint density at radius 3 is 2.32 bits per heavy atom. The molecule has 1 rings (SSSR count). The molecule has 0 saturated heterocycles. The monoisotopic (exact) mass is 290 g/mol. The van der Waals surface area contributed by atoms with E-state index >= 15 is 0 Å². The molecule has 0 aliphatic heterocycles. The van der Waals surface area contributed by atoms with Crippen LogP contribution in [0.2, 0.25) is 0 Å². The minimum atomic E-state index is -4.36. The molecule has 19 heavy (non-hydrogen) atoms. The van der Waals surface area contributed by atoms with Crippen molar-refractivity contribution in [3.05, 3.63) is 35.4 Å². The third-order valence-corrected chi connectivity index (χ3v) is 2.54. The van der Waals surface area contributed by atoms with E-state index in [1.165, 1.54) is 12.1 Å². The number of carbonyl (C=O) groups excluding carboxylic acids is 1. The van der Waals surface area contributed by atoms with Crippen molar-refractivity contribution in [1.29, 1.82) is 0 Å². The van der Waals surface area contributed by atoms with Crippen molar-refractivity contribution in [1.82, 2.24) is 5.32 Å². The Kier molecular flexibility index (Phi) is 5.29. The van der Waals surface area contributed by atoms with Gasteiger partial charge >= 0.3 is 6.18 Å². The lowest BCUT2D eigenvalue weighted by atomic mass is 10.1. The van der Waals surface area contributed by atoms with Gasteiger partial charge in [-0.1, -0.05) is 24.4 Å². The average Bonchev–Trinajstić information content (AvgIpc) is 2.27. The second kappa shape index (κ2) is 6.51. The summed E-state index contributed by atoms with van der Waals surface area (Å²) in [6, 6.07) is 4.49. The van der Waals surface area contributed by atoms with Gasteiger partial charge in [-0.15, -0.1) is 0 Å². The van der Waals surface area contributed by atoms with Crippen molar-refractivity contribution in [2.75, 3.05) is 6.54 Å². The lowest BCUT2D eigenvalue weighted by Gasteiger charge is -2.08. The van der Waals surface area contributed by atoms with Gasteiger partial charge in [-0.25, -0.2) is 0 Å². The first kappa shape index (κ1) is 15.4. The van der Waals surface area contributed by atoms with Crippen molar-refractivity contribution in [3.63, 3.8) is 0 Å². The summed E-state index contributed by atoms with van der Waals surface area (Å²) in [5.41, 5.74) is 5.05. The second-order valence-corrected chi connectivity index (χ2v) is 4.46. The molecule has 0 unspecified atom stereocenters. The molecule has 0 radical (unpaired) electrons. The van der Waals surface area contributed by atoms with Gasteiger partial charge in [-0.05, 0) is 17.7 Å². The summed E-state index contributed by atoms with van der Waals surface area (Å²) in [5.74, 6) is -0.281. The molecule has 0 bridgehead atoms. The fraction of sp³-hybridized carbons (Fsp3) is 0.333. The van der Waals surface area contributed by atoms with Gasteiger partial charge in [0.25, 0.3) is 0 Å². The predicted octanol–water partition coefficient (Wildman–Crippen LogP) is 2.04. The minimum Gasteiger partial charge on any atom is -0.393 e. The number of thiocarbonyl (C=S) groups is 1. The van der Waals surface area contributed by atoms with Crippen LogP contribution >= 0.6 is 12.2 Å². The molecule has 1 aromatic carbocycles. The average molecular weight is 290 g/mol. The topological polar surface area (TPSA) is 55.1 Å². The number of alkyl halides is 3. The van der Waals surface area contributed by atoms with Crippen LogP contribution in [0.25, 0.3) is 0 Å². The number of hydrogen-bond donors (Lipinski definition) is 2. The smallest absolute Gasteiger partial charge is 0.393 e. The molecular weight excluding hydrogens is 277 g/mol. The highest BCUT2D eigenvalue weighted by atomic mass is 32.1. The summed E-state index contributed by atoms with van der Waals surface area (Å²) >= 11 is 4.65. The molecular formula is C12H13F3N2OS. The molecule has 0 spiro atoms. The van der Waals surface area contributed by atoms with Crippen LogP contribution in [0.4, 0.5) is 13.2 Å². The van der Waals surface area contributed by atoms with E-state index in [2.05, 4.69) is 17.5 Å². The zero-order chi connectivity index (χ0) is 14.5. The maximum Gasteiger partial charge on any atom is 0.416 e. The molecule has 0 aromatic heterocycles. The summed E-state index contributed by atoms with van der Waals surface area (Å²) in [6.45, 7) is 0.328. The first-order valence-electron chi connectivity index (χ1n) is 5.50. The van der Waals surface area contributed by atoms with Gasteiger partial charge in [0.2, 0.25) is 5.91 Å². The van der Waals surface area contributed by atoms with Gasteiger partial charge in [-0.2, -0.15) is 13.2 Å². The van der Waals surface area contributed by atoms with Crippen LogP contribution in [0.15, 0.2) is 24.3 Å². The van der Waals surface area contributed by atoms with Crippen LogP contribution in [0, 0.1) is 0 Å². The lowest BCUT2D eigenvalue weighted by molar-refractivity contribution is -0.137. The number of hydrogen-bond acceptors (Lipinski definition) is 2. The van der Waals surface area contributed by atoms with Gasteiger partial charge in [0.1, 0.15) is 0 Å². The van der Waals surface area contributed by atoms with Crippen LogP contribution in [-0.4, -0.2) is 17.4 Å². The standard InChI is InChI=1S/C12H13F3N2OS/c13-12(14,15)9-3-1-8(2-4-9)7-11(18)17-6-5-10(16)19/h1-4H,5-7H2,(H2,16,19)(H,17,18). The van der Waals surface area contributed by atoms with Gasteiger partial charge in [0.05, 0.1) is 17.0 Å². The number of benzene rings is 1. The van der Waals surface area contributed by atoms with Crippen LogP contribution in [-0.2, 0) is 17.4 Å². The molecule has 3 nitrogen and oxygen atoms in total. The number of amides is 1. The Balaban J connectivity index is 2.49. The number of rotatable bonds is 5. The second-order valence-electron chi connectivity index (χ2n) is 3.94. The Morgan fingerprint density at radius 2 is 1.84 bits per heavy atom. The third-order valence-electron chi connectivity index (χ3n) is 2.34. The fourth-order valence-corrected chi connectivity index (χ4v) is 1.49. The molecule has 0 aliphatic carbocycles. The minimum absolute atomic E-state index is 0.0233. The first-order valence-corrected chi connectivity index (χ1v) is 5.91. The fourth-order valence-electron chi connectivity index (χ4n) is 1.38. The molecule has 1 aromatic rings. The van der Waals surface area contributed by atoms with E-state index in [1.807, 2.05) is 0 Å². The summed E-state index contributed by atoms with van der Waals surface area (Å²) < 4.78 is 37.0. The van der Waals surface area contributed by atoms with Crippen molar-refractivity contribution in [2.45, 2.75) is 19.0 Å². The number of halogens is 3. The van der Waals surface area contributed by atoms with Gasteiger partial charge in [0.15, 0.2) is 0 Å². The van der Waals surface area contributed by atoms with Crippen LogP contribution in [0.5, 0.6) is 0 Å². The predicted molar refractivity (Wildman–Crippen MR) is 69.6 cm³/mol. The van der Waals surface area contributed by atoms with Crippen molar-refractivity contribution >= 4 is 23.1 Å². The third kappa shape index (κ3) is 5.69. The van der Waals surface area contributed by atoms with Crippen molar-refractivity contribution in [3.8, 4) is 0 Å². The molecule has 0 saturated carbocycles. The molecule has 0 fully saturated rings. The Morgan fingerprint density at radius 1 is 1.26 bits per heavy atom. The quantitative estimate of drug-likeness (QED) is 0.816. The first-order chi connectivity index (χ1) is 8.79. The summed E-state index contributed by atoms with van der Waals surface area (Å²) in [5, 5.41) is 2.58. The highest BCUT2D eigenvalue weighted by Gasteiger charge is 2.29. The molecule has 1 amide bonds. The molecule has 3 N–H and O–H groups in total. The van der Waals surface area contributed by atoms with E-state index < -0.39 is 11.7 Å². The van der Waals surface area contributed by atoms with Gasteiger partial charge in [0, 0.05) is 13.0 Å². The molecule has 0 heterocycles. The van der Waals surface area contributed by atoms with Gasteiger partial charge in [-0.3, -0.25) is 4.79 Å². The number of carbonyl (C=O) groups is 1. The number of nitrogens with one attached hydrogen (secondary N) is 1. The highest BCUT2D eigenvalue weighted by molar-refractivity contribution is 7.80. The van der Waals surface area contributed by atoms with E-state index in [0.717, 1.165) is 12.1 Å². The zero-order valence-electron chi connectivity index (χ0n) is 9.96. The van der Waals surface area contributed by atoms with Gasteiger partial charge < -0.3 is 11.1 Å². The normalized spacial score (nSPS) is 11.1. The maximum absolute atomic E-state index is 12.3.